The maximum absolute atomic E-state index is 11.7. The molecule has 0 aromatic rings. The van der Waals surface area contributed by atoms with Gasteiger partial charge in [0.1, 0.15) is 0 Å². The number of carbonyl (C=O) groups excluding carboxylic acids is 1. The van der Waals surface area contributed by atoms with E-state index in [1.54, 1.807) is 0 Å². The summed E-state index contributed by atoms with van der Waals surface area (Å²) >= 11 is 0. The molecule has 1 saturated carbocycles. The number of hydrogen-bond acceptors (Lipinski definition) is 2. The van der Waals surface area contributed by atoms with Crippen molar-refractivity contribution in [3.05, 3.63) is 0 Å². The van der Waals surface area contributed by atoms with Gasteiger partial charge in [0.2, 0.25) is 5.91 Å². The second kappa shape index (κ2) is 7.91. The highest BCUT2D eigenvalue weighted by atomic mass is 35.5. The first-order valence-electron chi connectivity index (χ1n) is 6.20. The largest absolute Gasteiger partial charge is 0.352 e. The second-order valence-electron chi connectivity index (χ2n) is 4.63. The first-order chi connectivity index (χ1) is 7.21. The third-order valence-corrected chi connectivity index (χ3v) is 3.42. The van der Waals surface area contributed by atoms with Crippen LogP contribution < -0.4 is 11.1 Å². The average Bonchev–Trinajstić information content (AvgIpc) is 3.06. The fraction of sp³-hybridized carbons (Fsp3) is 0.917. The fourth-order valence-electron chi connectivity index (χ4n) is 1.97. The van der Waals surface area contributed by atoms with Crippen molar-refractivity contribution in [1.82, 2.24) is 5.32 Å². The molecule has 96 valence electrons. The molecule has 0 radical (unpaired) electrons. The number of nitrogens with two attached hydrogens (primary N) is 1. The fourth-order valence-corrected chi connectivity index (χ4v) is 1.97. The molecule has 3 nitrogen and oxygen atoms in total. The van der Waals surface area contributed by atoms with Crippen molar-refractivity contribution in [3.8, 4) is 0 Å². The smallest absolute Gasteiger partial charge is 0.220 e. The van der Waals surface area contributed by atoms with Crippen molar-refractivity contribution in [2.75, 3.05) is 6.54 Å². The number of halogens is 1. The standard InChI is InChI=1S/C12H24N2O.ClH/c1-3-9(4-2)7-12(15)14-11(8-13)10-5-6-10;/h9-11H,3-8,13H2,1-2H3,(H,14,15);1H. The predicted octanol–water partition coefficient (Wildman–Crippen LogP) is 2.09. The number of nitrogens with one attached hydrogen (secondary N) is 1. The first-order valence-corrected chi connectivity index (χ1v) is 6.20. The van der Waals surface area contributed by atoms with Crippen LogP contribution in [0, 0.1) is 11.8 Å². The van der Waals surface area contributed by atoms with E-state index in [1.807, 2.05) is 0 Å². The topological polar surface area (TPSA) is 55.1 Å². The van der Waals surface area contributed by atoms with Gasteiger partial charge in [-0.2, -0.15) is 0 Å². The van der Waals surface area contributed by atoms with Gasteiger partial charge < -0.3 is 11.1 Å². The van der Waals surface area contributed by atoms with Crippen LogP contribution in [0.5, 0.6) is 0 Å². The Balaban J connectivity index is 0.00000225. The molecule has 1 rings (SSSR count). The van der Waals surface area contributed by atoms with Crippen LogP contribution in [-0.4, -0.2) is 18.5 Å². The van der Waals surface area contributed by atoms with Gasteiger partial charge in [0.15, 0.2) is 0 Å². The van der Waals surface area contributed by atoms with Gasteiger partial charge in [-0.15, -0.1) is 12.4 Å². The minimum Gasteiger partial charge on any atom is -0.352 e. The Kier molecular flexibility index (Phi) is 7.77. The van der Waals surface area contributed by atoms with E-state index in [4.69, 9.17) is 5.73 Å². The number of hydrogen-bond donors (Lipinski definition) is 2. The first kappa shape index (κ1) is 15.7. The predicted molar refractivity (Wildman–Crippen MR) is 69.6 cm³/mol. The molecule has 16 heavy (non-hydrogen) atoms. The van der Waals surface area contributed by atoms with Gasteiger partial charge >= 0.3 is 0 Å². The quantitative estimate of drug-likeness (QED) is 0.725. The maximum atomic E-state index is 11.7. The summed E-state index contributed by atoms with van der Waals surface area (Å²) in [7, 11) is 0. The minimum absolute atomic E-state index is 0. The summed E-state index contributed by atoms with van der Waals surface area (Å²) in [6, 6.07) is 0.229. The van der Waals surface area contributed by atoms with Crippen molar-refractivity contribution in [3.63, 3.8) is 0 Å². The highest BCUT2D eigenvalue weighted by molar-refractivity contribution is 5.85. The zero-order valence-electron chi connectivity index (χ0n) is 10.4. The second-order valence-corrected chi connectivity index (χ2v) is 4.63. The average molecular weight is 249 g/mol. The molecule has 0 bridgehead atoms. The Bertz CT molecular complexity index is 203. The molecule has 0 heterocycles. The van der Waals surface area contributed by atoms with Crippen LogP contribution in [0.15, 0.2) is 0 Å². The van der Waals surface area contributed by atoms with Crippen molar-refractivity contribution < 1.29 is 4.79 Å². The summed E-state index contributed by atoms with van der Waals surface area (Å²) in [5, 5.41) is 3.06. The molecule has 3 N–H and O–H groups in total. The Morgan fingerprint density at radius 1 is 1.38 bits per heavy atom. The van der Waals surface area contributed by atoms with E-state index in [0.717, 1.165) is 12.8 Å². The molecular formula is C12H25ClN2O. The zero-order valence-corrected chi connectivity index (χ0v) is 11.2. The van der Waals surface area contributed by atoms with Crippen LogP contribution in [0.3, 0.4) is 0 Å². The lowest BCUT2D eigenvalue weighted by Crippen LogP contribution is -2.42. The summed E-state index contributed by atoms with van der Waals surface area (Å²) in [4.78, 5) is 11.7. The molecule has 1 unspecified atom stereocenters. The van der Waals surface area contributed by atoms with Gasteiger partial charge in [0.25, 0.3) is 0 Å². The third-order valence-electron chi connectivity index (χ3n) is 3.42. The van der Waals surface area contributed by atoms with Gasteiger partial charge in [0.05, 0.1) is 0 Å². The van der Waals surface area contributed by atoms with Crippen LogP contribution in [0.4, 0.5) is 0 Å². The lowest BCUT2D eigenvalue weighted by Gasteiger charge is -2.18. The Morgan fingerprint density at radius 3 is 2.31 bits per heavy atom. The van der Waals surface area contributed by atoms with Crippen LogP contribution in [0.2, 0.25) is 0 Å². The molecule has 1 aliphatic rings. The Hall–Kier alpha value is -0.280. The van der Waals surface area contributed by atoms with E-state index in [2.05, 4.69) is 19.2 Å². The zero-order chi connectivity index (χ0) is 11.3. The molecule has 4 heteroatoms. The normalized spacial score (nSPS) is 16.8. The summed E-state index contributed by atoms with van der Waals surface area (Å²) < 4.78 is 0. The Labute approximate surface area is 105 Å². The third kappa shape index (κ3) is 5.17. The van der Waals surface area contributed by atoms with Crippen LogP contribution >= 0.6 is 12.4 Å². The molecule has 1 aliphatic carbocycles. The van der Waals surface area contributed by atoms with Gasteiger partial charge in [-0.25, -0.2) is 0 Å². The van der Waals surface area contributed by atoms with Crippen molar-refractivity contribution in [2.24, 2.45) is 17.6 Å². The maximum Gasteiger partial charge on any atom is 0.220 e. The van der Waals surface area contributed by atoms with Crippen LogP contribution in [0.1, 0.15) is 46.0 Å². The number of carbonyl (C=O) groups is 1. The summed E-state index contributed by atoms with van der Waals surface area (Å²) in [5.41, 5.74) is 5.64. The van der Waals surface area contributed by atoms with E-state index in [0.29, 0.717) is 24.8 Å². The van der Waals surface area contributed by atoms with Crippen molar-refractivity contribution >= 4 is 18.3 Å². The van der Waals surface area contributed by atoms with E-state index in [1.165, 1.54) is 12.8 Å². The van der Waals surface area contributed by atoms with E-state index >= 15 is 0 Å². The minimum atomic E-state index is 0. The highest BCUT2D eigenvalue weighted by Gasteiger charge is 2.31. The molecule has 0 spiro atoms. The molecule has 0 saturated heterocycles. The molecule has 1 atom stereocenters. The number of rotatable bonds is 7. The lowest BCUT2D eigenvalue weighted by atomic mass is 9.99. The highest BCUT2D eigenvalue weighted by Crippen LogP contribution is 2.32. The lowest BCUT2D eigenvalue weighted by molar-refractivity contribution is -0.122. The van der Waals surface area contributed by atoms with Crippen molar-refractivity contribution in [2.45, 2.75) is 52.0 Å². The SMILES string of the molecule is CCC(CC)CC(=O)NC(CN)C1CC1.Cl. The van der Waals surface area contributed by atoms with E-state index in [-0.39, 0.29) is 24.4 Å². The van der Waals surface area contributed by atoms with E-state index in [9.17, 15) is 4.79 Å². The van der Waals surface area contributed by atoms with Gasteiger partial charge in [0, 0.05) is 19.0 Å². The van der Waals surface area contributed by atoms with E-state index < -0.39 is 0 Å². The molecule has 0 aromatic heterocycles. The summed E-state index contributed by atoms with van der Waals surface area (Å²) in [6.45, 7) is 4.87. The summed E-state index contributed by atoms with van der Waals surface area (Å²) in [6.07, 6.45) is 5.29. The number of amides is 1. The van der Waals surface area contributed by atoms with Gasteiger partial charge in [-0.3, -0.25) is 4.79 Å². The monoisotopic (exact) mass is 248 g/mol. The molecule has 1 fully saturated rings. The molecular weight excluding hydrogens is 224 g/mol. The van der Waals surface area contributed by atoms with Crippen molar-refractivity contribution in [1.29, 1.82) is 0 Å². The Morgan fingerprint density at radius 2 is 1.94 bits per heavy atom. The molecule has 0 aromatic carbocycles. The van der Waals surface area contributed by atoms with Crippen LogP contribution in [-0.2, 0) is 4.79 Å². The molecule has 0 aliphatic heterocycles. The van der Waals surface area contributed by atoms with Crippen LogP contribution in [0.25, 0.3) is 0 Å². The van der Waals surface area contributed by atoms with Gasteiger partial charge in [-0.05, 0) is 24.7 Å². The van der Waals surface area contributed by atoms with Gasteiger partial charge in [-0.1, -0.05) is 26.7 Å². The molecule has 1 amide bonds. The summed E-state index contributed by atoms with van der Waals surface area (Å²) in [5.74, 6) is 1.37.